The van der Waals surface area contributed by atoms with Gasteiger partial charge in [-0.25, -0.2) is 13.2 Å². The summed E-state index contributed by atoms with van der Waals surface area (Å²) in [7, 11) is 0. The molecule has 2 aromatic rings. The molecule has 21 heavy (non-hydrogen) atoms. The van der Waals surface area contributed by atoms with Gasteiger partial charge in [-0.2, -0.15) is 0 Å². The van der Waals surface area contributed by atoms with Crippen LogP contribution >= 0.6 is 0 Å². The van der Waals surface area contributed by atoms with E-state index in [9.17, 15) is 23.1 Å². The minimum Gasteiger partial charge on any atom is -0.386 e. The van der Waals surface area contributed by atoms with Crippen molar-refractivity contribution >= 4 is 5.91 Å². The predicted octanol–water partition coefficient (Wildman–Crippen LogP) is 2.57. The molecule has 2 aromatic carbocycles. The number of nitrogens with one attached hydrogen (secondary N) is 1. The van der Waals surface area contributed by atoms with E-state index in [1.54, 1.807) is 0 Å². The number of carbonyl (C=O) groups excluding carboxylic acids is 1. The van der Waals surface area contributed by atoms with Gasteiger partial charge >= 0.3 is 0 Å². The summed E-state index contributed by atoms with van der Waals surface area (Å²) in [4.78, 5) is 11.7. The normalized spacial score (nSPS) is 12.0. The number of carbonyl (C=O) groups is 1. The molecule has 0 bridgehead atoms. The molecule has 0 aliphatic carbocycles. The summed E-state index contributed by atoms with van der Waals surface area (Å²) in [6.07, 6.45) is -1.36. The first kappa shape index (κ1) is 15.1. The number of hydrogen-bond donors (Lipinski definition) is 2. The molecule has 2 N–H and O–H groups in total. The Kier molecular flexibility index (Phi) is 4.59. The van der Waals surface area contributed by atoms with Crippen LogP contribution in [0.1, 0.15) is 22.0 Å². The molecule has 0 radical (unpaired) electrons. The molecule has 0 fully saturated rings. The van der Waals surface area contributed by atoms with Crippen molar-refractivity contribution in [2.24, 2.45) is 0 Å². The summed E-state index contributed by atoms with van der Waals surface area (Å²) in [6.45, 7) is -0.324. The van der Waals surface area contributed by atoms with E-state index in [-0.39, 0.29) is 17.7 Å². The molecule has 0 aromatic heterocycles. The third-order valence-electron chi connectivity index (χ3n) is 2.90. The lowest BCUT2D eigenvalue weighted by Gasteiger charge is -2.13. The van der Waals surface area contributed by atoms with E-state index in [4.69, 9.17) is 0 Å². The van der Waals surface area contributed by atoms with Crippen molar-refractivity contribution < 1.29 is 23.1 Å². The maximum atomic E-state index is 13.4. The second-order valence-electron chi connectivity index (χ2n) is 4.37. The SMILES string of the molecule is O=C(NC[C@H](O)c1ccc(F)cc1F)c1ccccc1F. The maximum absolute atomic E-state index is 13.4. The number of hydrogen-bond acceptors (Lipinski definition) is 2. The molecule has 0 aliphatic heterocycles. The van der Waals surface area contributed by atoms with Gasteiger partial charge in [0.15, 0.2) is 0 Å². The second kappa shape index (κ2) is 6.41. The Morgan fingerprint density at radius 1 is 1.10 bits per heavy atom. The average molecular weight is 295 g/mol. The summed E-state index contributed by atoms with van der Waals surface area (Å²) >= 11 is 0. The van der Waals surface area contributed by atoms with Gasteiger partial charge in [0, 0.05) is 18.2 Å². The quantitative estimate of drug-likeness (QED) is 0.911. The Balaban J connectivity index is 2.02. The number of rotatable bonds is 4. The zero-order valence-electron chi connectivity index (χ0n) is 10.8. The molecular formula is C15H12F3NO2. The molecule has 3 nitrogen and oxygen atoms in total. The Bertz CT molecular complexity index is 661. The summed E-state index contributed by atoms with van der Waals surface area (Å²) < 4.78 is 39.6. The first-order chi connectivity index (χ1) is 9.99. The van der Waals surface area contributed by atoms with Crippen molar-refractivity contribution in [3.63, 3.8) is 0 Å². The van der Waals surface area contributed by atoms with Crippen LogP contribution in [0.2, 0.25) is 0 Å². The van der Waals surface area contributed by atoms with Crippen molar-refractivity contribution in [3.05, 3.63) is 71.0 Å². The monoisotopic (exact) mass is 295 g/mol. The van der Waals surface area contributed by atoms with Crippen LogP contribution in [0.5, 0.6) is 0 Å². The van der Waals surface area contributed by atoms with E-state index in [0.29, 0.717) is 6.07 Å². The van der Waals surface area contributed by atoms with Crippen LogP contribution in [0, 0.1) is 17.5 Å². The Morgan fingerprint density at radius 2 is 1.81 bits per heavy atom. The Morgan fingerprint density at radius 3 is 2.48 bits per heavy atom. The molecule has 0 saturated heterocycles. The topological polar surface area (TPSA) is 49.3 Å². The summed E-state index contributed by atoms with van der Waals surface area (Å²) in [6, 6.07) is 8.07. The van der Waals surface area contributed by atoms with Gasteiger partial charge in [-0.15, -0.1) is 0 Å². The third kappa shape index (κ3) is 3.61. The van der Waals surface area contributed by atoms with Gasteiger partial charge in [-0.05, 0) is 18.2 Å². The highest BCUT2D eigenvalue weighted by Gasteiger charge is 2.16. The first-order valence-corrected chi connectivity index (χ1v) is 6.15. The lowest BCUT2D eigenvalue weighted by atomic mass is 10.1. The van der Waals surface area contributed by atoms with Crippen molar-refractivity contribution in [2.75, 3.05) is 6.54 Å². The molecule has 2 rings (SSSR count). The number of benzene rings is 2. The molecule has 0 heterocycles. The highest BCUT2D eigenvalue weighted by molar-refractivity contribution is 5.94. The smallest absolute Gasteiger partial charge is 0.254 e. The van der Waals surface area contributed by atoms with Gasteiger partial charge in [0.2, 0.25) is 0 Å². The average Bonchev–Trinajstić information content (AvgIpc) is 2.45. The highest BCUT2D eigenvalue weighted by Crippen LogP contribution is 2.17. The molecule has 0 unspecified atom stereocenters. The fraction of sp³-hybridized carbons (Fsp3) is 0.133. The molecule has 1 amide bonds. The lowest BCUT2D eigenvalue weighted by molar-refractivity contribution is 0.0910. The molecular weight excluding hydrogens is 283 g/mol. The van der Waals surface area contributed by atoms with E-state index < -0.39 is 29.5 Å². The highest BCUT2D eigenvalue weighted by atomic mass is 19.1. The van der Waals surface area contributed by atoms with Crippen molar-refractivity contribution in [1.29, 1.82) is 0 Å². The molecule has 1 atom stereocenters. The van der Waals surface area contributed by atoms with Crippen LogP contribution in [0.3, 0.4) is 0 Å². The molecule has 6 heteroatoms. The molecule has 0 aliphatic rings. The van der Waals surface area contributed by atoms with Crippen LogP contribution in [-0.2, 0) is 0 Å². The van der Waals surface area contributed by atoms with Crippen LogP contribution in [0.25, 0.3) is 0 Å². The van der Waals surface area contributed by atoms with Crippen LogP contribution in [0.15, 0.2) is 42.5 Å². The summed E-state index contributed by atoms with van der Waals surface area (Å²) in [5.74, 6) is -3.10. The van der Waals surface area contributed by atoms with Gasteiger partial charge < -0.3 is 10.4 Å². The first-order valence-electron chi connectivity index (χ1n) is 6.15. The van der Waals surface area contributed by atoms with Crippen LogP contribution in [0.4, 0.5) is 13.2 Å². The van der Waals surface area contributed by atoms with E-state index >= 15 is 0 Å². The second-order valence-corrected chi connectivity index (χ2v) is 4.37. The zero-order valence-corrected chi connectivity index (χ0v) is 10.8. The standard InChI is InChI=1S/C15H12F3NO2/c16-9-5-6-10(13(18)7-9)14(20)8-19-15(21)11-3-1-2-4-12(11)17/h1-7,14,20H,8H2,(H,19,21)/t14-/m0/s1. The van der Waals surface area contributed by atoms with Crippen molar-refractivity contribution in [3.8, 4) is 0 Å². The number of aliphatic hydroxyl groups excluding tert-OH is 1. The lowest BCUT2D eigenvalue weighted by Crippen LogP contribution is -2.29. The number of amides is 1. The number of aliphatic hydroxyl groups is 1. The minimum atomic E-state index is -1.36. The van der Waals surface area contributed by atoms with Gasteiger partial charge in [-0.1, -0.05) is 18.2 Å². The Labute approximate surface area is 119 Å². The van der Waals surface area contributed by atoms with Gasteiger partial charge in [0.05, 0.1) is 11.7 Å². The zero-order chi connectivity index (χ0) is 15.4. The molecule has 0 spiro atoms. The van der Waals surface area contributed by atoms with Crippen molar-refractivity contribution in [2.45, 2.75) is 6.10 Å². The fourth-order valence-corrected chi connectivity index (χ4v) is 1.81. The predicted molar refractivity (Wildman–Crippen MR) is 70.1 cm³/mol. The molecule has 0 saturated carbocycles. The minimum absolute atomic E-state index is 0.148. The third-order valence-corrected chi connectivity index (χ3v) is 2.90. The van der Waals surface area contributed by atoms with Gasteiger partial charge in [0.1, 0.15) is 17.5 Å². The maximum Gasteiger partial charge on any atom is 0.254 e. The van der Waals surface area contributed by atoms with Crippen LogP contribution < -0.4 is 5.32 Å². The number of halogens is 3. The van der Waals surface area contributed by atoms with Crippen molar-refractivity contribution in [1.82, 2.24) is 5.32 Å². The molecule has 110 valence electrons. The Hall–Kier alpha value is -2.34. The van der Waals surface area contributed by atoms with E-state index in [1.807, 2.05) is 0 Å². The van der Waals surface area contributed by atoms with Crippen LogP contribution in [-0.4, -0.2) is 17.6 Å². The fourth-order valence-electron chi connectivity index (χ4n) is 1.81. The van der Waals surface area contributed by atoms with E-state index in [0.717, 1.165) is 18.2 Å². The van der Waals surface area contributed by atoms with E-state index in [2.05, 4.69) is 5.32 Å². The summed E-state index contributed by atoms with van der Waals surface area (Å²) in [5, 5.41) is 12.1. The van der Waals surface area contributed by atoms with E-state index in [1.165, 1.54) is 18.2 Å². The largest absolute Gasteiger partial charge is 0.386 e. The van der Waals surface area contributed by atoms with Gasteiger partial charge in [-0.3, -0.25) is 4.79 Å². The summed E-state index contributed by atoms with van der Waals surface area (Å²) in [5.41, 5.74) is -0.325. The van der Waals surface area contributed by atoms with Gasteiger partial charge in [0.25, 0.3) is 5.91 Å².